The highest BCUT2D eigenvalue weighted by atomic mass is 19.2. The Labute approximate surface area is 226 Å². The van der Waals surface area contributed by atoms with Crippen LogP contribution in [0.15, 0.2) is 30.5 Å². The predicted molar refractivity (Wildman–Crippen MR) is 136 cm³/mol. The molecule has 0 bridgehead atoms. The van der Waals surface area contributed by atoms with Crippen molar-refractivity contribution in [2.45, 2.75) is 50.4 Å². The smallest absolute Gasteiger partial charge is 0.270 e. The number of hydrogen-bond donors (Lipinski definition) is 2. The molecule has 0 fully saturated rings. The number of aromatic nitrogens is 2. The lowest BCUT2D eigenvalue weighted by Gasteiger charge is -2.35. The van der Waals surface area contributed by atoms with Crippen LogP contribution in [0.2, 0.25) is 0 Å². The summed E-state index contributed by atoms with van der Waals surface area (Å²) in [5.74, 6) is -6.46. The molecule has 1 aliphatic rings. The molecule has 3 amide bonds. The molecule has 0 spiro atoms. The number of hydrogen-bond acceptors (Lipinski definition) is 5. The van der Waals surface area contributed by atoms with Gasteiger partial charge in [-0.05, 0) is 32.4 Å². The maximum atomic E-state index is 14.9. The second-order valence-corrected chi connectivity index (χ2v) is 10.3. The third kappa shape index (κ3) is 5.34. The number of amides is 3. The van der Waals surface area contributed by atoms with Crippen LogP contribution in [0.3, 0.4) is 0 Å². The zero-order chi connectivity index (χ0) is 29.5. The Morgan fingerprint density at radius 2 is 1.88 bits per heavy atom. The Morgan fingerprint density at radius 3 is 2.52 bits per heavy atom. The van der Waals surface area contributed by atoms with E-state index in [0.29, 0.717) is 17.4 Å². The first-order valence-corrected chi connectivity index (χ1v) is 12.3. The van der Waals surface area contributed by atoms with Gasteiger partial charge in [-0.3, -0.25) is 14.4 Å². The van der Waals surface area contributed by atoms with Gasteiger partial charge in [-0.2, -0.15) is 5.26 Å². The summed E-state index contributed by atoms with van der Waals surface area (Å²) in [7, 11) is 2.51. The molecule has 0 aliphatic carbocycles. The first-order valence-electron chi connectivity index (χ1n) is 12.3. The van der Waals surface area contributed by atoms with E-state index >= 15 is 0 Å². The molecular weight excluding hydrogens is 532 g/mol. The number of alkyl halides is 1. The zero-order valence-corrected chi connectivity index (χ0v) is 22.1. The van der Waals surface area contributed by atoms with Crippen molar-refractivity contribution in [3.05, 3.63) is 59.2 Å². The number of halogens is 4. The van der Waals surface area contributed by atoms with Gasteiger partial charge in [-0.1, -0.05) is 6.07 Å². The molecule has 0 saturated heterocycles. The lowest BCUT2D eigenvalue weighted by Crippen LogP contribution is -2.52. The molecule has 3 aromatic rings. The molecule has 210 valence electrons. The highest BCUT2D eigenvalue weighted by Gasteiger charge is 2.40. The number of fused-ring (bicyclic) bond motifs is 2. The summed E-state index contributed by atoms with van der Waals surface area (Å²) in [6.07, 6.45) is 0.936. The lowest BCUT2D eigenvalue weighted by molar-refractivity contribution is -0.137. The van der Waals surface area contributed by atoms with Crippen molar-refractivity contribution in [1.29, 1.82) is 5.26 Å². The van der Waals surface area contributed by atoms with E-state index in [1.54, 1.807) is 12.1 Å². The Balaban J connectivity index is 1.61. The second kappa shape index (κ2) is 10.6. The standard InChI is InChI=1S/C27H26F4N6O3/c1-27(2,31)11-20(37(4)25(39)19-9-16-17(28)10-18(29)21(30)22(16)34-19)26(40)36(3)13(12-32)8-15-14-6-5-7-33-23(14)35-24(15)38/h5-7,9-10,13,15,20,34H,8,11H2,1-4H3,(H,33,35,38). The van der Waals surface area contributed by atoms with Crippen molar-refractivity contribution in [1.82, 2.24) is 19.8 Å². The SMILES string of the molecule is CN(C(=O)C(CC(C)(C)F)N(C)C(=O)c1cc2c(F)cc(F)c(F)c2[nH]1)C(C#N)CC1C(=O)Nc2ncccc21. The van der Waals surface area contributed by atoms with Crippen molar-refractivity contribution in [3.8, 4) is 6.07 Å². The molecule has 9 nitrogen and oxygen atoms in total. The number of carbonyl (C=O) groups excluding carboxylic acids is 3. The first-order chi connectivity index (χ1) is 18.7. The molecule has 2 N–H and O–H groups in total. The Morgan fingerprint density at radius 1 is 1.18 bits per heavy atom. The Kier molecular flexibility index (Phi) is 7.56. The minimum Gasteiger partial charge on any atom is -0.348 e. The number of rotatable bonds is 8. The van der Waals surface area contributed by atoms with Gasteiger partial charge < -0.3 is 20.1 Å². The number of nitrogens with zero attached hydrogens (tertiary/aromatic N) is 4. The maximum absolute atomic E-state index is 14.9. The van der Waals surface area contributed by atoms with E-state index in [4.69, 9.17) is 0 Å². The van der Waals surface area contributed by atoms with E-state index in [2.05, 4.69) is 15.3 Å². The van der Waals surface area contributed by atoms with Gasteiger partial charge in [0.15, 0.2) is 11.6 Å². The van der Waals surface area contributed by atoms with Crippen LogP contribution in [0.1, 0.15) is 48.7 Å². The van der Waals surface area contributed by atoms with Crippen LogP contribution >= 0.6 is 0 Å². The minimum atomic E-state index is -1.95. The third-order valence-corrected chi connectivity index (χ3v) is 6.94. The number of aromatic amines is 1. The van der Waals surface area contributed by atoms with E-state index in [-0.39, 0.29) is 17.5 Å². The number of nitriles is 1. The zero-order valence-electron chi connectivity index (χ0n) is 22.1. The summed E-state index contributed by atoms with van der Waals surface area (Å²) >= 11 is 0. The quantitative estimate of drug-likeness (QED) is 0.319. The average molecular weight is 559 g/mol. The molecule has 3 unspecified atom stereocenters. The van der Waals surface area contributed by atoms with Crippen LogP contribution in [0.5, 0.6) is 0 Å². The molecular formula is C27H26F4N6O3. The van der Waals surface area contributed by atoms with E-state index in [9.17, 15) is 37.2 Å². The fourth-order valence-electron chi connectivity index (χ4n) is 4.78. The number of benzene rings is 1. The summed E-state index contributed by atoms with van der Waals surface area (Å²) in [5, 5.41) is 12.1. The van der Waals surface area contributed by atoms with Crippen molar-refractivity contribution in [3.63, 3.8) is 0 Å². The van der Waals surface area contributed by atoms with Crippen molar-refractivity contribution in [2.75, 3.05) is 19.4 Å². The Hall–Kier alpha value is -4.47. The highest BCUT2D eigenvalue weighted by molar-refractivity contribution is 6.02. The van der Waals surface area contributed by atoms with Gasteiger partial charge in [0.1, 0.15) is 35.1 Å². The van der Waals surface area contributed by atoms with E-state index in [0.717, 1.165) is 15.9 Å². The van der Waals surface area contributed by atoms with Crippen LogP contribution in [0.4, 0.5) is 23.4 Å². The van der Waals surface area contributed by atoms with Crippen LogP contribution < -0.4 is 5.32 Å². The van der Waals surface area contributed by atoms with Crippen LogP contribution in [-0.2, 0) is 9.59 Å². The average Bonchev–Trinajstić information content (AvgIpc) is 3.48. The van der Waals surface area contributed by atoms with Gasteiger partial charge in [0.05, 0.1) is 17.5 Å². The number of H-pyrrole nitrogens is 1. The van der Waals surface area contributed by atoms with Crippen molar-refractivity contribution < 1.29 is 31.9 Å². The van der Waals surface area contributed by atoms with Crippen molar-refractivity contribution >= 4 is 34.4 Å². The first kappa shape index (κ1) is 28.5. The molecule has 4 rings (SSSR count). The lowest BCUT2D eigenvalue weighted by atomic mass is 9.93. The normalized spacial score (nSPS) is 16.2. The number of anilines is 1. The van der Waals surface area contributed by atoms with Crippen molar-refractivity contribution in [2.24, 2.45) is 0 Å². The van der Waals surface area contributed by atoms with Crippen LogP contribution in [-0.4, -0.2) is 69.3 Å². The number of pyridine rings is 1. The number of nitrogens with one attached hydrogen (secondary N) is 2. The number of carbonyl (C=O) groups is 3. The predicted octanol–water partition coefficient (Wildman–Crippen LogP) is 4.04. The summed E-state index contributed by atoms with van der Waals surface area (Å²) < 4.78 is 56.9. The van der Waals surface area contributed by atoms with Gasteiger partial charge in [-0.25, -0.2) is 22.5 Å². The van der Waals surface area contributed by atoms with Gasteiger partial charge in [0.2, 0.25) is 11.8 Å². The van der Waals surface area contributed by atoms with Gasteiger partial charge in [0, 0.05) is 43.7 Å². The fourth-order valence-corrected chi connectivity index (χ4v) is 4.78. The second-order valence-electron chi connectivity index (χ2n) is 10.3. The monoisotopic (exact) mass is 558 g/mol. The molecule has 1 aliphatic heterocycles. The van der Waals surface area contributed by atoms with Gasteiger partial charge in [-0.15, -0.1) is 0 Å². The Bertz CT molecular complexity index is 1540. The fraction of sp³-hybridized carbons (Fsp3) is 0.370. The minimum absolute atomic E-state index is 0.0845. The summed E-state index contributed by atoms with van der Waals surface area (Å²) in [6.45, 7) is 2.41. The van der Waals surface area contributed by atoms with E-state index in [1.807, 2.05) is 6.07 Å². The largest absolute Gasteiger partial charge is 0.348 e. The highest BCUT2D eigenvalue weighted by Crippen LogP contribution is 2.35. The summed E-state index contributed by atoms with van der Waals surface area (Å²) in [5.41, 5.74) is -2.32. The number of likely N-dealkylation sites (N-methyl/N-ethyl adjacent to an activating group) is 2. The molecule has 40 heavy (non-hydrogen) atoms. The van der Waals surface area contributed by atoms with Crippen LogP contribution in [0.25, 0.3) is 10.9 Å². The molecule has 2 aromatic heterocycles. The summed E-state index contributed by atoms with van der Waals surface area (Å²) in [6, 6.07) is 4.05. The maximum Gasteiger partial charge on any atom is 0.270 e. The summed E-state index contributed by atoms with van der Waals surface area (Å²) in [4.78, 5) is 47.9. The van der Waals surface area contributed by atoms with E-state index < -0.39 is 70.8 Å². The molecule has 13 heteroatoms. The van der Waals surface area contributed by atoms with Gasteiger partial charge >= 0.3 is 0 Å². The third-order valence-electron chi connectivity index (χ3n) is 6.94. The van der Waals surface area contributed by atoms with Crippen LogP contribution in [0, 0.1) is 28.8 Å². The molecule has 0 saturated carbocycles. The molecule has 3 atom stereocenters. The topological polar surface area (TPSA) is 122 Å². The molecule has 0 radical (unpaired) electrons. The molecule has 1 aromatic carbocycles. The molecule has 3 heterocycles. The van der Waals surface area contributed by atoms with Gasteiger partial charge in [0.25, 0.3) is 5.91 Å². The van der Waals surface area contributed by atoms with E-state index in [1.165, 1.54) is 34.1 Å².